The van der Waals surface area contributed by atoms with Crippen LogP contribution in [0.3, 0.4) is 0 Å². The summed E-state index contributed by atoms with van der Waals surface area (Å²) >= 11 is 5.82. The largest absolute Gasteiger partial charge is 0.386 e. The van der Waals surface area contributed by atoms with Crippen molar-refractivity contribution in [2.45, 2.75) is 19.0 Å². The molecule has 3 aromatic rings. The summed E-state index contributed by atoms with van der Waals surface area (Å²) in [5.74, 6) is 0.194. The van der Waals surface area contributed by atoms with Crippen LogP contribution in [0.1, 0.15) is 28.7 Å². The Balaban J connectivity index is 1.66. The van der Waals surface area contributed by atoms with Gasteiger partial charge in [0.05, 0.1) is 17.3 Å². The Bertz CT molecular complexity index is 1040. The molecule has 1 aliphatic heterocycles. The molecule has 2 aromatic heterocycles. The zero-order valence-corrected chi connectivity index (χ0v) is 15.3. The van der Waals surface area contributed by atoms with E-state index < -0.39 is 5.54 Å². The van der Waals surface area contributed by atoms with Gasteiger partial charge >= 0.3 is 0 Å². The number of aromatic nitrogens is 3. The van der Waals surface area contributed by atoms with E-state index >= 15 is 0 Å². The predicted molar refractivity (Wildman–Crippen MR) is 104 cm³/mol. The first-order chi connectivity index (χ1) is 13.0. The average molecular weight is 381 g/mol. The van der Waals surface area contributed by atoms with Crippen molar-refractivity contribution in [1.29, 1.82) is 0 Å². The number of nitrogens with one attached hydrogen (secondary N) is 1. The number of pyridine rings is 1. The molecule has 1 aliphatic rings. The summed E-state index contributed by atoms with van der Waals surface area (Å²) in [5, 5.41) is 7.65. The third-order valence-electron chi connectivity index (χ3n) is 4.54. The monoisotopic (exact) mass is 380 g/mol. The Kier molecular flexibility index (Phi) is 4.16. The maximum atomic E-state index is 12.4. The van der Waals surface area contributed by atoms with E-state index in [0.717, 1.165) is 11.3 Å². The lowest BCUT2D eigenvalue weighted by Crippen LogP contribution is -2.36. The minimum Gasteiger partial charge on any atom is -0.386 e. The van der Waals surface area contributed by atoms with Crippen molar-refractivity contribution in [1.82, 2.24) is 14.8 Å². The minimum absolute atomic E-state index is 0.286. The van der Waals surface area contributed by atoms with Crippen molar-refractivity contribution in [3.8, 4) is 0 Å². The second kappa shape index (κ2) is 6.51. The molecule has 4 rings (SSSR count). The Hall–Kier alpha value is -3.19. The van der Waals surface area contributed by atoms with Crippen LogP contribution in [0.25, 0.3) is 0 Å². The summed E-state index contributed by atoms with van der Waals surface area (Å²) in [6, 6.07) is 12.7. The number of rotatable bonds is 3. The van der Waals surface area contributed by atoms with Crippen molar-refractivity contribution < 1.29 is 4.79 Å². The van der Waals surface area contributed by atoms with Gasteiger partial charge in [0.2, 0.25) is 0 Å². The topological polar surface area (TPSA) is 98.2 Å². The molecule has 1 atom stereocenters. The van der Waals surface area contributed by atoms with Crippen LogP contribution in [0.15, 0.2) is 59.9 Å². The van der Waals surface area contributed by atoms with Gasteiger partial charge in [-0.1, -0.05) is 23.7 Å². The third-order valence-corrected chi connectivity index (χ3v) is 4.76. The smallest absolute Gasteiger partial charge is 0.274 e. The van der Waals surface area contributed by atoms with E-state index in [9.17, 15) is 4.79 Å². The summed E-state index contributed by atoms with van der Waals surface area (Å²) in [4.78, 5) is 21.1. The molecule has 3 N–H and O–H groups in total. The fourth-order valence-electron chi connectivity index (χ4n) is 3.22. The highest BCUT2D eigenvalue weighted by atomic mass is 35.5. The molecule has 136 valence electrons. The molecule has 27 heavy (non-hydrogen) atoms. The molecule has 0 fully saturated rings. The molecular weight excluding hydrogens is 364 g/mol. The summed E-state index contributed by atoms with van der Waals surface area (Å²) in [5.41, 5.74) is 8.11. The Labute approximate surface area is 160 Å². The van der Waals surface area contributed by atoms with Crippen molar-refractivity contribution >= 4 is 29.0 Å². The molecular formula is C19H17ClN6O. The highest BCUT2D eigenvalue weighted by Crippen LogP contribution is 2.36. The zero-order chi connectivity index (χ0) is 19.0. The van der Waals surface area contributed by atoms with Crippen LogP contribution >= 0.6 is 11.6 Å². The molecule has 0 unspecified atom stereocenters. The molecule has 3 heterocycles. The van der Waals surface area contributed by atoms with E-state index in [0.29, 0.717) is 23.1 Å². The first-order valence-electron chi connectivity index (χ1n) is 8.36. The number of halogens is 1. The lowest BCUT2D eigenvalue weighted by atomic mass is 9.87. The summed E-state index contributed by atoms with van der Waals surface area (Å²) < 4.78 is 1.84. The van der Waals surface area contributed by atoms with Gasteiger partial charge in [-0.2, -0.15) is 5.10 Å². The molecule has 7 nitrogen and oxygen atoms in total. The molecule has 0 radical (unpaired) electrons. The number of fused-ring (bicyclic) bond motifs is 1. The van der Waals surface area contributed by atoms with Crippen LogP contribution in [-0.4, -0.2) is 26.5 Å². The molecule has 0 aliphatic carbocycles. The lowest BCUT2D eigenvalue weighted by molar-refractivity contribution is 0.102. The Morgan fingerprint density at radius 3 is 2.93 bits per heavy atom. The lowest BCUT2D eigenvalue weighted by Gasteiger charge is -2.31. The van der Waals surface area contributed by atoms with Gasteiger partial charge < -0.3 is 11.1 Å². The number of aliphatic imine (C=N–C) groups is 1. The number of carbonyl (C=O) groups is 1. The Morgan fingerprint density at radius 1 is 1.30 bits per heavy atom. The number of nitrogens with zero attached hydrogens (tertiary/aromatic N) is 4. The van der Waals surface area contributed by atoms with E-state index in [-0.39, 0.29) is 11.6 Å². The Morgan fingerprint density at radius 2 is 2.15 bits per heavy atom. The zero-order valence-electron chi connectivity index (χ0n) is 14.6. The van der Waals surface area contributed by atoms with E-state index in [1.165, 1.54) is 6.20 Å². The SMILES string of the molecule is C[C@@]1(c2cccc(NC(=O)c3ccc(Cl)cn3)c2)N=C(N)Cn2nccc21. The van der Waals surface area contributed by atoms with Crippen molar-refractivity contribution in [2.24, 2.45) is 10.7 Å². The average Bonchev–Trinajstić information content (AvgIpc) is 3.11. The van der Waals surface area contributed by atoms with E-state index in [4.69, 9.17) is 17.3 Å². The first-order valence-corrected chi connectivity index (χ1v) is 8.73. The normalized spacial score (nSPS) is 18.5. The highest BCUT2D eigenvalue weighted by molar-refractivity contribution is 6.30. The van der Waals surface area contributed by atoms with E-state index in [1.54, 1.807) is 18.3 Å². The first kappa shape index (κ1) is 17.2. The molecule has 0 spiro atoms. The van der Waals surface area contributed by atoms with Gasteiger partial charge in [0, 0.05) is 18.1 Å². The number of hydrogen-bond acceptors (Lipinski definition) is 5. The maximum absolute atomic E-state index is 12.4. The third kappa shape index (κ3) is 3.17. The van der Waals surface area contributed by atoms with E-state index in [1.807, 2.05) is 41.9 Å². The van der Waals surface area contributed by atoms with Gasteiger partial charge in [0.15, 0.2) is 0 Å². The van der Waals surface area contributed by atoms with Crippen LogP contribution in [0.5, 0.6) is 0 Å². The highest BCUT2D eigenvalue weighted by Gasteiger charge is 2.35. The van der Waals surface area contributed by atoms with Crippen LogP contribution in [0.2, 0.25) is 5.02 Å². The van der Waals surface area contributed by atoms with Gasteiger partial charge in [0.1, 0.15) is 17.1 Å². The van der Waals surface area contributed by atoms with Crippen molar-refractivity contribution in [2.75, 3.05) is 5.32 Å². The molecule has 8 heteroatoms. The van der Waals surface area contributed by atoms with Gasteiger partial charge in [0.25, 0.3) is 5.91 Å². The van der Waals surface area contributed by atoms with Gasteiger partial charge in [-0.3, -0.25) is 14.5 Å². The molecule has 0 saturated carbocycles. The molecule has 0 bridgehead atoms. The van der Waals surface area contributed by atoms with Crippen LogP contribution < -0.4 is 11.1 Å². The number of benzene rings is 1. The van der Waals surface area contributed by atoms with Crippen molar-refractivity contribution in [3.05, 3.63) is 76.8 Å². The standard InChI is InChI=1S/C19H17ClN6O/c1-19(16-7-8-23-26(16)11-17(21)25-19)12-3-2-4-14(9-12)24-18(27)15-6-5-13(20)10-22-15/h2-10H,11H2,1H3,(H2,21,25)(H,24,27)/t19-/m0/s1. The van der Waals surface area contributed by atoms with Crippen LogP contribution in [0.4, 0.5) is 5.69 Å². The van der Waals surface area contributed by atoms with Crippen LogP contribution in [0, 0.1) is 0 Å². The van der Waals surface area contributed by atoms with Gasteiger partial charge in [-0.15, -0.1) is 0 Å². The summed E-state index contributed by atoms with van der Waals surface area (Å²) in [7, 11) is 0. The number of hydrogen-bond donors (Lipinski definition) is 2. The second-order valence-electron chi connectivity index (χ2n) is 6.45. The number of nitrogens with two attached hydrogens (primary N) is 1. The summed E-state index contributed by atoms with van der Waals surface area (Å²) in [6.07, 6.45) is 3.17. The van der Waals surface area contributed by atoms with Crippen LogP contribution in [-0.2, 0) is 12.1 Å². The number of amidine groups is 1. The second-order valence-corrected chi connectivity index (χ2v) is 6.88. The maximum Gasteiger partial charge on any atom is 0.274 e. The van der Waals surface area contributed by atoms with Gasteiger partial charge in [-0.25, -0.2) is 4.98 Å². The predicted octanol–water partition coefficient (Wildman–Crippen LogP) is 2.82. The number of carbonyl (C=O) groups excluding carboxylic acids is 1. The van der Waals surface area contributed by atoms with Crippen molar-refractivity contribution in [3.63, 3.8) is 0 Å². The van der Waals surface area contributed by atoms with Gasteiger partial charge in [-0.05, 0) is 42.8 Å². The minimum atomic E-state index is -0.682. The molecule has 1 amide bonds. The fraction of sp³-hybridized carbons (Fsp3) is 0.158. The van der Waals surface area contributed by atoms with E-state index in [2.05, 4.69) is 20.4 Å². The molecule has 1 aromatic carbocycles. The number of amides is 1. The molecule has 0 saturated heterocycles. The fourth-order valence-corrected chi connectivity index (χ4v) is 3.33. The quantitative estimate of drug-likeness (QED) is 0.729. The number of anilines is 1. The summed E-state index contributed by atoms with van der Waals surface area (Å²) in [6.45, 7) is 2.45.